The smallest absolute Gasteiger partial charge is 0.266 e. The van der Waals surface area contributed by atoms with Crippen molar-refractivity contribution >= 4 is 10.9 Å². The van der Waals surface area contributed by atoms with Gasteiger partial charge in [0.15, 0.2) is 0 Å². The predicted octanol–water partition coefficient (Wildman–Crippen LogP) is 4.20. The Bertz CT molecular complexity index is 1090. The zero-order chi connectivity index (χ0) is 21.8. The van der Waals surface area contributed by atoms with Gasteiger partial charge in [-0.15, -0.1) is 0 Å². The molecule has 1 saturated heterocycles. The number of rotatable bonds is 7. The van der Waals surface area contributed by atoms with Crippen LogP contribution in [0.2, 0.25) is 0 Å². The lowest BCUT2D eigenvalue weighted by atomic mass is 10.0. The van der Waals surface area contributed by atoms with Gasteiger partial charge >= 0.3 is 0 Å². The maximum Gasteiger partial charge on any atom is 0.266 e. The number of aryl methyl sites for hydroxylation is 1. The van der Waals surface area contributed by atoms with Crippen LogP contribution >= 0.6 is 0 Å². The summed E-state index contributed by atoms with van der Waals surface area (Å²) in [5.74, 6) is 2.91. The van der Waals surface area contributed by atoms with Crippen LogP contribution in [0, 0.1) is 12.8 Å². The maximum atomic E-state index is 13.1. The number of fused-ring (bicyclic) bond motifs is 1. The first-order chi connectivity index (χ1) is 15.0. The molecule has 0 saturated carbocycles. The number of nitrogens with zero attached hydrogens (tertiary/aromatic N) is 3. The van der Waals surface area contributed by atoms with E-state index in [1.807, 2.05) is 43.3 Å². The largest absolute Gasteiger partial charge is 0.497 e. The molecule has 0 amide bonds. The van der Waals surface area contributed by atoms with Crippen molar-refractivity contribution in [2.75, 3.05) is 33.4 Å². The highest BCUT2D eigenvalue weighted by Crippen LogP contribution is 2.20. The molecule has 1 fully saturated rings. The van der Waals surface area contributed by atoms with Crippen LogP contribution in [0.4, 0.5) is 0 Å². The fourth-order valence-corrected chi connectivity index (χ4v) is 4.37. The van der Waals surface area contributed by atoms with Crippen LogP contribution in [-0.2, 0) is 0 Å². The second kappa shape index (κ2) is 9.52. The number of hydrogen-bond donors (Lipinski definition) is 0. The Morgan fingerprint density at radius 3 is 2.65 bits per heavy atom. The second-order valence-corrected chi connectivity index (χ2v) is 8.43. The first-order valence-corrected chi connectivity index (χ1v) is 11.1. The Morgan fingerprint density at radius 2 is 1.90 bits per heavy atom. The summed E-state index contributed by atoms with van der Waals surface area (Å²) in [5, 5.41) is 0.539. The topological polar surface area (TPSA) is 56.6 Å². The van der Waals surface area contributed by atoms with Gasteiger partial charge in [-0.3, -0.25) is 9.36 Å². The van der Waals surface area contributed by atoms with E-state index in [9.17, 15) is 4.79 Å². The van der Waals surface area contributed by atoms with Crippen LogP contribution in [0.25, 0.3) is 16.6 Å². The van der Waals surface area contributed by atoms with Gasteiger partial charge in [0.25, 0.3) is 5.56 Å². The number of likely N-dealkylation sites (tertiary alicyclic amines) is 1. The standard InChI is InChI=1S/C25H31N3O3/c1-18-6-4-13-27(17-18)14-5-15-31-21-9-7-20(8-10-21)28-19(2)26-24-12-11-22(30-3)16-23(24)25(28)29/h7-12,16,18H,4-6,13-15,17H2,1-3H3/t18-/m0/s1. The molecular formula is C25H31N3O3. The average Bonchev–Trinajstić information content (AvgIpc) is 2.77. The molecular weight excluding hydrogens is 390 g/mol. The van der Waals surface area contributed by atoms with Crippen molar-refractivity contribution in [3.05, 3.63) is 58.6 Å². The average molecular weight is 422 g/mol. The quantitative estimate of drug-likeness (QED) is 0.535. The van der Waals surface area contributed by atoms with Gasteiger partial charge in [-0.25, -0.2) is 4.98 Å². The van der Waals surface area contributed by atoms with Crippen LogP contribution < -0.4 is 15.0 Å². The lowest BCUT2D eigenvalue weighted by Gasteiger charge is -2.30. The number of hydrogen-bond acceptors (Lipinski definition) is 5. The van der Waals surface area contributed by atoms with Gasteiger partial charge in [-0.05, 0) is 81.1 Å². The highest BCUT2D eigenvalue weighted by molar-refractivity contribution is 5.79. The number of aromatic nitrogens is 2. The van der Waals surface area contributed by atoms with Crippen molar-refractivity contribution in [1.82, 2.24) is 14.5 Å². The van der Waals surface area contributed by atoms with Gasteiger partial charge in [0.1, 0.15) is 17.3 Å². The summed E-state index contributed by atoms with van der Waals surface area (Å²) in [6, 6.07) is 13.0. The van der Waals surface area contributed by atoms with Gasteiger partial charge < -0.3 is 14.4 Å². The number of methoxy groups -OCH3 is 1. The van der Waals surface area contributed by atoms with E-state index in [4.69, 9.17) is 9.47 Å². The molecule has 0 aliphatic carbocycles. The van der Waals surface area contributed by atoms with E-state index in [0.717, 1.165) is 30.3 Å². The summed E-state index contributed by atoms with van der Waals surface area (Å²) in [6.45, 7) is 8.37. The molecule has 1 aliphatic rings. The first kappa shape index (κ1) is 21.4. The van der Waals surface area contributed by atoms with Crippen molar-refractivity contribution in [2.45, 2.75) is 33.1 Å². The third kappa shape index (κ3) is 4.90. The zero-order valence-corrected chi connectivity index (χ0v) is 18.6. The highest BCUT2D eigenvalue weighted by atomic mass is 16.5. The first-order valence-electron chi connectivity index (χ1n) is 11.1. The molecule has 1 aromatic heterocycles. The fourth-order valence-electron chi connectivity index (χ4n) is 4.37. The molecule has 0 unspecified atom stereocenters. The van der Waals surface area contributed by atoms with Gasteiger partial charge in [0.05, 0.1) is 30.3 Å². The molecule has 1 aliphatic heterocycles. The monoisotopic (exact) mass is 421 g/mol. The molecule has 0 N–H and O–H groups in total. The molecule has 31 heavy (non-hydrogen) atoms. The number of ether oxygens (including phenoxy) is 2. The highest BCUT2D eigenvalue weighted by Gasteiger charge is 2.15. The summed E-state index contributed by atoms with van der Waals surface area (Å²) in [4.78, 5) is 20.3. The van der Waals surface area contributed by atoms with E-state index in [0.29, 0.717) is 29.1 Å². The third-order valence-corrected chi connectivity index (χ3v) is 5.97. The van der Waals surface area contributed by atoms with Gasteiger partial charge in [0, 0.05) is 13.1 Å². The second-order valence-electron chi connectivity index (χ2n) is 8.43. The van der Waals surface area contributed by atoms with Crippen molar-refractivity contribution in [1.29, 1.82) is 0 Å². The Kier molecular flexibility index (Phi) is 6.56. The molecule has 4 rings (SSSR count). The maximum absolute atomic E-state index is 13.1. The Hall–Kier alpha value is -2.86. The molecule has 0 bridgehead atoms. The van der Waals surface area contributed by atoms with E-state index in [1.54, 1.807) is 17.7 Å². The fraction of sp³-hybridized carbons (Fsp3) is 0.440. The van der Waals surface area contributed by atoms with Gasteiger partial charge in [-0.2, -0.15) is 0 Å². The van der Waals surface area contributed by atoms with Crippen LogP contribution in [-0.4, -0.2) is 47.8 Å². The summed E-state index contributed by atoms with van der Waals surface area (Å²) < 4.78 is 12.8. The minimum absolute atomic E-state index is 0.106. The van der Waals surface area contributed by atoms with Crippen molar-refractivity contribution < 1.29 is 9.47 Å². The van der Waals surface area contributed by atoms with Crippen LogP contribution in [0.1, 0.15) is 32.0 Å². The van der Waals surface area contributed by atoms with E-state index >= 15 is 0 Å². The zero-order valence-electron chi connectivity index (χ0n) is 18.6. The minimum atomic E-state index is -0.106. The molecule has 3 aromatic rings. The third-order valence-electron chi connectivity index (χ3n) is 5.97. The van der Waals surface area contributed by atoms with Crippen molar-refractivity contribution in [2.24, 2.45) is 5.92 Å². The Morgan fingerprint density at radius 1 is 1.13 bits per heavy atom. The molecule has 164 valence electrons. The normalized spacial score (nSPS) is 17.1. The molecule has 0 radical (unpaired) electrons. The van der Waals surface area contributed by atoms with Gasteiger partial charge in [0.2, 0.25) is 0 Å². The van der Waals surface area contributed by atoms with E-state index in [1.165, 1.54) is 25.9 Å². The summed E-state index contributed by atoms with van der Waals surface area (Å²) >= 11 is 0. The van der Waals surface area contributed by atoms with E-state index < -0.39 is 0 Å². The van der Waals surface area contributed by atoms with E-state index in [-0.39, 0.29) is 5.56 Å². The summed E-state index contributed by atoms with van der Waals surface area (Å²) in [6.07, 6.45) is 3.67. The molecule has 2 heterocycles. The van der Waals surface area contributed by atoms with Crippen LogP contribution in [0.5, 0.6) is 11.5 Å². The van der Waals surface area contributed by atoms with Crippen molar-refractivity contribution in [3.63, 3.8) is 0 Å². The number of benzene rings is 2. The SMILES string of the molecule is COc1ccc2nc(C)n(-c3ccc(OCCCN4CCC[C@H](C)C4)cc3)c(=O)c2c1. The van der Waals surface area contributed by atoms with Gasteiger partial charge in [-0.1, -0.05) is 6.92 Å². The molecule has 6 nitrogen and oxygen atoms in total. The summed E-state index contributed by atoms with van der Waals surface area (Å²) in [7, 11) is 1.59. The Balaban J connectivity index is 1.43. The summed E-state index contributed by atoms with van der Waals surface area (Å²) in [5.41, 5.74) is 1.34. The molecule has 0 spiro atoms. The van der Waals surface area contributed by atoms with E-state index in [2.05, 4.69) is 16.8 Å². The predicted molar refractivity (Wildman–Crippen MR) is 124 cm³/mol. The lowest BCUT2D eigenvalue weighted by molar-refractivity contribution is 0.170. The molecule has 2 aromatic carbocycles. The Labute approximate surface area is 183 Å². The van der Waals surface area contributed by atoms with Crippen molar-refractivity contribution in [3.8, 4) is 17.2 Å². The minimum Gasteiger partial charge on any atom is -0.497 e. The lowest BCUT2D eigenvalue weighted by Crippen LogP contribution is -2.35. The molecule has 6 heteroatoms. The van der Waals surface area contributed by atoms with Crippen LogP contribution in [0.15, 0.2) is 47.3 Å². The molecule has 1 atom stereocenters. The number of piperidine rings is 1. The van der Waals surface area contributed by atoms with Crippen LogP contribution in [0.3, 0.4) is 0 Å².